The number of anilines is 2. The molecule has 1 heterocycles. The molecular weight excluding hydrogens is 252 g/mol. The van der Waals surface area contributed by atoms with Crippen molar-refractivity contribution in [2.24, 2.45) is 0 Å². The number of aromatic hydroxyl groups is 1. The van der Waals surface area contributed by atoms with E-state index < -0.39 is 0 Å². The maximum atomic E-state index is 12.6. The minimum Gasteiger partial charge on any atom is -0.508 e. The van der Waals surface area contributed by atoms with Crippen molar-refractivity contribution in [1.29, 1.82) is 0 Å². The molecule has 1 aliphatic rings. The van der Waals surface area contributed by atoms with E-state index in [-0.39, 0.29) is 11.7 Å². The van der Waals surface area contributed by atoms with Gasteiger partial charge in [-0.2, -0.15) is 0 Å². The number of amides is 1. The zero-order valence-electron chi connectivity index (χ0n) is 11.3. The highest BCUT2D eigenvalue weighted by Gasteiger charge is 2.26. The third-order valence-corrected chi connectivity index (χ3v) is 3.68. The van der Waals surface area contributed by atoms with Crippen LogP contribution in [0, 0.1) is 6.92 Å². The Balaban J connectivity index is 1.97. The summed E-state index contributed by atoms with van der Waals surface area (Å²) in [6.45, 7) is 2.49. The zero-order chi connectivity index (χ0) is 14.3. The van der Waals surface area contributed by atoms with Crippen LogP contribution in [0.2, 0.25) is 0 Å². The molecule has 0 fully saturated rings. The molecule has 0 aromatic heterocycles. The molecule has 102 valence electrons. The second-order valence-corrected chi connectivity index (χ2v) is 5.09. The molecule has 0 unspecified atom stereocenters. The predicted molar refractivity (Wildman–Crippen MR) is 79.1 cm³/mol. The fourth-order valence-electron chi connectivity index (χ4n) is 2.67. The van der Waals surface area contributed by atoms with E-state index in [1.165, 1.54) is 0 Å². The minimum atomic E-state index is -0.0361. The first-order valence-electron chi connectivity index (χ1n) is 6.56. The molecule has 1 amide bonds. The van der Waals surface area contributed by atoms with Gasteiger partial charge in [0.2, 0.25) is 0 Å². The van der Waals surface area contributed by atoms with Crippen LogP contribution in [0.5, 0.6) is 5.75 Å². The molecule has 0 bridgehead atoms. The van der Waals surface area contributed by atoms with Gasteiger partial charge in [0, 0.05) is 23.5 Å². The van der Waals surface area contributed by atoms with Gasteiger partial charge in [-0.3, -0.25) is 4.79 Å². The van der Waals surface area contributed by atoms with Crippen molar-refractivity contribution in [3.63, 3.8) is 0 Å². The van der Waals surface area contributed by atoms with Gasteiger partial charge in [0.15, 0.2) is 0 Å². The SMILES string of the molecule is Cc1cc(O)ccc1C(=O)N1CCc2cc(N)ccc21. The van der Waals surface area contributed by atoms with Crippen molar-refractivity contribution in [3.8, 4) is 5.75 Å². The van der Waals surface area contributed by atoms with Gasteiger partial charge in [-0.05, 0) is 60.9 Å². The molecule has 4 heteroatoms. The van der Waals surface area contributed by atoms with Crippen molar-refractivity contribution in [2.75, 3.05) is 17.2 Å². The standard InChI is InChI=1S/C16H16N2O2/c1-10-8-13(19)3-4-14(10)16(20)18-7-6-11-9-12(17)2-5-15(11)18/h2-5,8-9,19H,6-7,17H2,1H3. The van der Waals surface area contributed by atoms with Gasteiger partial charge in [-0.25, -0.2) is 0 Å². The lowest BCUT2D eigenvalue weighted by atomic mass is 10.1. The fourth-order valence-corrected chi connectivity index (χ4v) is 2.67. The van der Waals surface area contributed by atoms with Crippen molar-refractivity contribution >= 4 is 17.3 Å². The zero-order valence-corrected chi connectivity index (χ0v) is 11.3. The smallest absolute Gasteiger partial charge is 0.258 e. The molecule has 20 heavy (non-hydrogen) atoms. The van der Waals surface area contributed by atoms with Crippen molar-refractivity contribution < 1.29 is 9.90 Å². The van der Waals surface area contributed by atoms with Gasteiger partial charge in [0.05, 0.1) is 0 Å². The van der Waals surface area contributed by atoms with Crippen molar-refractivity contribution in [1.82, 2.24) is 0 Å². The van der Waals surface area contributed by atoms with Gasteiger partial charge in [0.25, 0.3) is 5.91 Å². The van der Waals surface area contributed by atoms with Crippen LogP contribution in [0.3, 0.4) is 0 Å². The normalized spacial score (nSPS) is 13.3. The number of phenolic OH excluding ortho intramolecular Hbond substituents is 1. The summed E-state index contributed by atoms with van der Waals surface area (Å²) in [5.41, 5.74) is 9.92. The molecule has 3 N–H and O–H groups in total. The first-order chi connectivity index (χ1) is 9.56. The number of hydrogen-bond acceptors (Lipinski definition) is 3. The summed E-state index contributed by atoms with van der Waals surface area (Å²) in [7, 11) is 0. The monoisotopic (exact) mass is 268 g/mol. The Bertz CT molecular complexity index is 695. The Labute approximate surface area is 117 Å². The van der Waals surface area contributed by atoms with Crippen LogP contribution in [-0.2, 0) is 6.42 Å². The lowest BCUT2D eigenvalue weighted by molar-refractivity contribution is 0.0989. The molecule has 0 atom stereocenters. The van der Waals surface area contributed by atoms with Crippen LogP contribution in [0.15, 0.2) is 36.4 Å². The lowest BCUT2D eigenvalue weighted by Crippen LogP contribution is -2.29. The number of aryl methyl sites for hydroxylation is 1. The third kappa shape index (κ3) is 1.99. The molecule has 4 nitrogen and oxygen atoms in total. The molecule has 0 saturated carbocycles. The lowest BCUT2D eigenvalue weighted by Gasteiger charge is -2.18. The van der Waals surface area contributed by atoms with E-state index >= 15 is 0 Å². The number of nitrogen functional groups attached to an aromatic ring is 1. The second kappa shape index (κ2) is 4.56. The van der Waals surface area contributed by atoms with Gasteiger partial charge < -0.3 is 15.7 Å². The first kappa shape index (κ1) is 12.5. The van der Waals surface area contributed by atoms with E-state index in [1.807, 2.05) is 25.1 Å². The molecule has 0 aliphatic carbocycles. The Morgan fingerprint density at radius 3 is 2.80 bits per heavy atom. The molecule has 0 spiro atoms. The number of nitrogens with zero attached hydrogens (tertiary/aromatic N) is 1. The van der Waals surface area contributed by atoms with E-state index in [0.717, 1.165) is 28.9 Å². The topological polar surface area (TPSA) is 66.6 Å². The van der Waals surface area contributed by atoms with Crippen LogP contribution in [0.25, 0.3) is 0 Å². The largest absolute Gasteiger partial charge is 0.508 e. The van der Waals surface area contributed by atoms with Gasteiger partial charge in [-0.15, -0.1) is 0 Å². The number of benzene rings is 2. The van der Waals surface area contributed by atoms with Crippen LogP contribution in [-0.4, -0.2) is 17.6 Å². The maximum Gasteiger partial charge on any atom is 0.258 e. The molecule has 2 aromatic carbocycles. The minimum absolute atomic E-state index is 0.0361. The van der Waals surface area contributed by atoms with E-state index in [2.05, 4.69) is 0 Å². The van der Waals surface area contributed by atoms with Gasteiger partial charge >= 0.3 is 0 Å². The highest BCUT2D eigenvalue weighted by molar-refractivity contribution is 6.08. The number of phenols is 1. The van der Waals surface area contributed by atoms with Crippen LogP contribution in [0.1, 0.15) is 21.5 Å². The Kier molecular flexibility index (Phi) is 2.86. The Morgan fingerprint density at radius 2 is 2.05 bits per heavy atom. The predicted octanol–water partition coefficient (Wildman–Crippen LogP) is 2.49. The van der Waals surface area contributed by atoms with Crippen molar-refractivity contribution in [2.45, 2.75) is 13.3 Å². The maximum absolute atomic E-state index is 12.6. The van der Waals surface area contributed by atoms with Crippen LogP contribution < -0.4 is 10.6 Å². The summed E-state index contributed by atoms with van der Waals surface area (Å²) in [6, 6.07) is 10.4. The first-order valence-corrected chi connectivity index (χ1v) is 6.56. The number of carbonyl (C=O) groups is 1. The quantitative estimate of drug-likeness (QED) is 0.781. The Hall–Kier alpha value is -2.49. The molecule has 1 aliphatic heterocycles. The highest BCUT2D eigenvalue weighted by atomic mass is 16.3. The molecule has 0 saturated heterocycles. The van der Waals surface area contributed by atoms with Gasteiger partial charge in [0.1, 0.15) is 5.75 Å². The fraction of sp³-hybridized carbons (Fsp3) is 0.188. The summed E-state index contributed by atoms with van der Waals surface area (Å²) in [5, 5.41) is 9.43. The van der Waals surface area contributed by atoms with E-state index in [9.17, 15) is 9.90 Å². The van der Waals surface area contributed by atoms with E-state index in [0.29, 0.717) is 12.1 Å². The summed E-state index contributed by atoms with van der Waals surface area (Å²) in [4.78, 5) is 14.4. The average molecular weight is 268 g/mol. The van der Waals surface area contributed by atoms with E-state index in [4.69, 9.17) is 5.73 Å². The van der Waals surface area contributed by atoms with E-state index in [1.54, 1.807) is 23.1 Å². The number of hydrogen-bond donors (Lipinski definition) is 2. The third-order valence-electron chi connectivity index (χ3n) is 3.68. The number of fused-ring (bicyclic) bond motifs is 1. The molecule has 0 radical (unpaired) electrons. The number of nitrogens with two attached hydrogens (primary N) is 1. The Morgan fingerprint density at radius 1 is 1.25 bits per heavy atom. The highest BCUT2D eigenvalue weighted by Crippen LogP contribution is 2.31. The molecular formula is C16H16N2O2. The van der Waals surface area contributed by atoms with Crippen LogP contribution >= 0.6 is 0 Å². The number of carbonyl (C=O) groups excluding carboxylic acids is 1. The summed E-state index contributed by atoms with van der Waals surface area (Å²) >= 11 is 0. The summed E-state index contributed by atoms with van der Waals surface area (Å²) in [6.07, 6.45) is 0.823. The van der Waals surface area contributed by atoms with Gasteiger partial charge in [-0.1, -0.05) is 0 Å². The summed E-state index contributed by atoms with van der Waals surface area (Å²) < 4.78 is 0. The summed E-state index contributed by atoms with van der Waals surface area (Å²) in [5.74, 6) is 0.139. The average Bonchev–Trinajstić information content (AvgIpc) is 2.80. The molecule has 2 aromatic rings. The second-order valence-electron chi connectivity index (χ2n) is 5.09. The molecule has 3 rings (SSSR count). The van der Waals surface area contributed by atoms with Crippen molar-refractivity contribution in [3.05, 3.63) is 53.1 Å². The van der Waals surface area contributed by atoms with Crippen LogP contribution in [0.4, 0.5) is 11.4 Å². The number of rotatable bonds is 1.